The zero-order valence-electron chi connectivity index (χ0n) is 16.7. The number of aromatic nitrogens is 2. The molecule has 5 rings (SSSR count). The molecule has 148 valence electrons. The van der Waals surface area contributed by atoms with Gasteiger partial charge >= 0.3 is 0 Å². The van der Waals surface area contributed by atoms with Crippen molar-refractivity contribution in [2.45, 2.75) is 25.0 Å². The number of fused-ring (bicyclic) bond motifs is 2. The maximum Gasteiger partial charge on any atom is 0.159 e. The van der Waals surface area contributed by atoms with E-state index in [1.165, 1.54) is 11.3 Å². The summed E-state index contributed by atoms with van der Waals surface area (Å²) in [5.41, 5.74) is 4.61. The van der Waals surface area contributed by atoms with Gasteiger partial charge in [0, 0.05) is 30.4 Å². The molecule has 0 N–H and O–H groups in total. The standard InChI is InChI=1S/C24H25N3O2/c1-28-21-9-7-18(8-10-21)14-27-12-11-24(16-27)17-29-15-20-13-25-23(26-22(20)24)19-5-3-2-4-6-19/h2-10,13H,11-12,14-17H2,1H3. The third-order valence-electron chi connectivity index (χ3n) is 6.03. The first-order valence-corrected chi connectivity index (χ1v) is 10.1. The summed E-state index contributed by atoms with van der Waals surface area (Å²) in [5.74, 6) is 1.70. The molecule has 1 fully saturated rings. The second-order valence-electron chi connectivity index (χ2n) is 8.02. The Morgan fingerprint density at radius 1 is 1.10 bits per heavy atom. The normalized spacial score (nSPS) is 21.3. The molecule has 1 saturated heterocycles. The van der Waals surface area contributed by atoms with Gasteiger partial charge in [-0.15, -0.1) is 0 Å². The van der Waals surface area contributed by atoms with E-state index in [2.05, 4.69) is 34.1 Å². The maximum absolute atomic E-state index is 5.98. The van der Waals surface area contributed by atoms with E-state index >= 15 is 0 Å². The predicted molar refractivity (Wildman–Crippen MR) is 112 cm³/mol. The van der Waals surface area contributed by atoms with E-state index < -0.39 is 0 Å². The van der Waals surface area contributed by atoms with Gasteiger partial charge in [0.2, 0.25) is 0 Å². The minimum atomic E-state index is -0.0491. The lowest BCUT2D eigenvalue weighted by Crippen LogP contribution is -2.40. The van der Waals surface area contributed by atoms with Crippen LogP contribution in [0.2, 0.25) is 0 Å². The molecular formula is C24H25N3O2. The smallest absolute Gasteiger partial charge is 0.159 e. The third-order valence-corrected chi connectivity index (χ3v) is 6.03. The van der Waals surface area contributed by atoms with E-state index in [0.29, 0.717) is 6.61 Å². The Morgan fingerprint density at radius 2 is 1.93 bits per heavy atom. The molecule has 3 aromatic rings. The minimum Gasteiger partial charge on any atom is -0.497 e. The fourth-order valence-electron chi connectivity index (χ4n) is 4.52. The molecule has 0 amide bonds. The van der Waals surface area contributed by atoms with Crippen LogP contribution >= 0.6 is 0 Å². The van der Waals surface area contributed by atoms with Gasteiger partial charge in [-0.05, 0) is 30.7 Å². The van der Waals surface area contributed by atoms with Crippen LogP contribution in [0.4, 0.5) is 0 Å². The summed E-state index contributed by atoms with van der Waals surface area (Å²) < 4.78 is 11.3. The molecule has 0 aliphatic carbocycles. The fourth-order valence-corrected chi connectivity index (χ4v) is 4.52. The lowest BCUT2D eigenvalue weighted by Gasteiger charge is -2.34. The van der Waals surface area contributed by atoms with Gasteiger partial charge in [0.05, 0.1) is 31.4 Å². The van der Waals surface area contributed by atoms with Crippen LogP contribution in [-0.2, 0) is 23.3 Å². The Kier molecular flexibility index (Phi) is 4.78. The van der Waals surface area contributed by atoms with E-state index in [1.54, 1.807) is 7.11 Å². The molecular weight excluding hydrogens is 362 g/mol. The van der Waals surface area contributed by atoms with Gasteiger partial charge < -0.3 is 9.47 Å². The van der Waals surface area contributed by atoms with Crippen molar-refractivity contribution in [3.05, 3.63) is 77.6 Å². The highest BCUT2D eigenvalue weighted by Crippen LogP contribution is 2.40. The highest BCUT2D eigenvalue weighted by Gasteiger charge is 2.44. The van der Waals surface area contributed by atoms with Gasteiger partial charge in [-0.25, -0.2) is 9.97 Å². The van der Waals surface area contributed by atoms with Crippen molar-refractivity contribution in [3.8, 4) is 17.1 Å². The topological polar surface area (TPSA) is 47.5 Å². The molecule has 1 unspecified atom stereocenters. The largest absolute Gasteiger partial charge is 0.497 e. The van der Waals surface area contributed by atoms with Crippen molar-refractivity contribution >= 4 is 0 Å². The first-order valence-electron chi connectivity index (χ1n) is 10.1. The monoisotopic (exact) mass is 387 g/mol. The second kappa shape index (κ2) is 7.58. The maximum atomic E-state index is 5.98. The van der Waals surface area contributed by atoms with Gasteiger partial charge in [0.15, 0.2) is 5.82 Å². The zero-order chi connectivity index (χ0) is 19.7. The Morgan fingerprint density at radius 3 is 2.72 bits per heavy atom. The van der Waals surface area contributed by atoms with Crippen LogP contribution < -0.4 is 4.74 Å². The molecule has 1 aromatic heterocycles. The highest BCUT2D eigenvalue weighted by molar-refractivity contribution is 5.55. The van der Waals surface area contributed by atoms with E-state index in [1.807, 2.05) is 36.5 Å². The van der Waals surface area contributed by atoms with Crippen LogP contribution in [0, 0.1) is 0 Å². The highest BCUT2D eigenvalue weighted by atomic mass is 16.5. The molecule has 0 saturated carbocycles. The zero-order valence-corrected chi connectivity index (χ0v) is 16.7. The first kappa shape index (κ1) is 18.3. The van der Waals surface area contributed by atoms with Gasteiger partial charge in [-0.1, -0.05) is 42.5 Å². The van der Waals surface area contributed by atoms with Crippen molar-refractivity contribution in [2.24, 2.45) is 0 Å². The SMILES string of the molecule is COc1ccc(CN2CCC3(COCc4cnc(-c5ccccc5)nc43)C2)cc1. The van der Waals surface area contributed by atoms with Crippen molar-refractivity contribution in [1.29, 1.82) is 0 Å². The predicted octanol–water partition coefficient (Wildman–Crippen LogP) is 3.83. The lowest BCUT2D eigenvalue weighted by atomic mass is 9.80. The second-order valence-corrected chi connectivity index (χ2v) is 8.02. The number of likely N-dealkylation sites (tertiary alicyclic amines) is 1. The third kappa shape index (κ3) is 3.52. The molecule has 5 nitrogen and oxygen atoms in total. The van der Waals surface area contributed by atoms with Gasteiger partial charge in [0.1, 0.15) is 5.75 Å². The molecule has 0 radical (unpaired) electrons. The average Bonchev–Trinajstić information content (AvgIpc) is 3.18. The van der Waals surface area contributed by atoms with Crippen LogP contribution in [-0.4, -0.2) is 41.7 Å². The van der Waals surface area contributed by atoms with Crippen molar-refractivity contribution in [1.82, 2.24) is 14.9 Å². The molecule has 0 bridgehead atoms. The summed E-state index contributed by atoms with van der Waals surface area (Å²) in [6.07, 6.45) is 3.01. The molecule has 2 aliphatic heterocycles. The number of rotatable bonds is 4. The quantitative estimate of drug-likeness (QED) is 0.681. The summed E-state index contributed by atoms with van der Waals surface area (Å²) in [4.78, 5) is 12.2. The number of hydrogen-bond donors (Lipinski definition) is 0. The van der Waals surface area contributed by atoms with Crippen molar-refractivity contribution in [2.75, 3.05) is 26.8 Å². The van der Waals surface area contributed by atoms with Crippen molar-refractivity contribution < 1.29 is 9.47 Å². The Balaban J connectivity index is 1.40. The van der Waals surface area contributed by atoms with Gasteiger partial charge in [-0.2, -0.15) is 0 Å². The molecule has 5 heteroatoms. The molecule has 2 aromatic carbocycles. The van der Waals surface area contributed by atoms with E-state index in [0.717, 1.165) is 55.4 Å². The Bertz CT molecular complexity index is 991. The molecule has 1 spiro atoms. The van der Waals surface area contributed by atoms with Crippen LogP contribution in [0.5, 0.6) is 5.75 Å². The molecule has 29 heavy (non-hydrogen) atoms. The Hall–Kier alpha value is -2.76. The molecule has 1 atom stereocenters. The fraction of sp³-hybridized carbons (Fsp3) is 0.333. The van der Waals surface area contributed by atoms with Gasteiger partial charge in [0.25, 0.3) is 0 Å². The summed E-state index contributed by atoms with van der Waals surface area (Å²) in [6, 6.07) is 18.6. The molecule has 2 aliphatic rings. The minimum absolute atomic E-state index is 0.0491. The Labute approximate surface area is 171 Å². The van der Waals surface area contributed by atoms with Crippen LogP contribution in [0.3, 0.4) is 0 Å². The summed E-state index contributed by atoms with van der Waals surface area (Å²) in [6.45, 7) is 4.25. The van der Waals surface area contributed by atoms with E-state index in [-0.39, 0.29) is 5.41 Å². The molecule has 3 heterocycles. The lowest BCUT2D eigenvalue weighted by molar-refractivity contribution is 0.0503. The van der Waals surface area contributed by atoms with Crippen LogP contribution in [0.15, 0.2) is 60.8 Å². The van der Waals surface area contributed by atoms with Gasteiger partial charge in [-0.3, -0.25) is 4.90 Å². The number of benzene rings is 2. The summed E-state index contributed by atoms with van der Waals surface area (Å²) in [5, 5.41) is 0. The van der Waals surface area contributed by atoms with Crippen molar-refractivity contribution in [3.63, 3.8) is 0 Å². The van der Waals surface area contributed by atoms with E-state index in [4.69, 9.17) is 14.5 Å². The van der Waals surface area contributed by atoms with E-state index in [9.17, 15) is 0 Å². The number of nitrogens with zero attached hydrogens (tertiary/aromatic N) is 3. The number of hydrogen-bond acceptors (Lipinski definition) is 5. The van der Waals surface area contributed by atoms with Crippen LogP contribution in [0.1, 0.15) is 23.2 Å². The summed E-state index contributed by atoms with van der Waals surface area (Å²) in [7, 11) is 1.70. The summed E-state index contributed by atoms with van der Waals surface area (Å²) >= 11 is 0. The first-order chi connectivity index (χ1) is 14.3. The average molecular weight is 387 g/mol. The van der Waals surface area contributed by atoms with Crippen LogP contribution in [0.25, 0.3) is 11.4 Å². The number of methoxy groups -OCH3 is 1. The number of ether oxygens (including phenoxy) is 2.